The van der Waals surface area contributed by atoms with E-state index in [0.29, 0.717) is 5.92 Å². The second-order valence-electron chi connectivity index (χ2n) is 4.06. The second kappa shape index (κ2) is 5.01. The van der Waals surface area contributed by atoms with Crippen LogP contribution in [0.2, 0.25) is 0 Å². The normalized spacial score (nSPS) is 21.0. The van der Waals surface area contributed by atoms with Crippen molar-refractivity contribution in [2.24, 2.45) is 0 Å². The van der Waals surface area contributed by atoms with Gasteiger partial charge in [0.1, 0.15) is 5.75 Å². The molecule has 1 atom stereocenters. The Kier molecular flexibility index (Phi) is 3.44. The maximum atomic E-state index is 5.41. The molecule has 1 heteroatoms. The Balaban J connectivity index is 2.26. The summed E-state index contributed by atoms with van der Waals surface area (Å²) < 4.78 is 5.41. The van der Waals surface area contributed by atoms with Gasteiger partial charge in [-0.3, -0.25) is 0 Å². The number of para-hydroxylation sites is 1. The lowest BCUT2D eigenvalue weighted by molar-refractivity contribution is 0.407. The lowest BCUT2D eigenvalue weighted by Gasteiger charge is -2.15. The molecular weight excluding hydrogens is 184 g/mol. The molecule has 1 nitrogen and oxygen atoms in total. The van der Waals surface area contributed by atoms with Crippen molar-refractivity contribution in [3.63, 3.8) is 0 Å². The van der Waals surface area contributed by atoms with Crippen LogP contribution in [-0.2, 0) is 0 Å². The molecule has 0 saturated heterocycles. The summed E-state index contributed by atoms with van der Waals surface area (Å²) in [5, 5.41) is 0. The minimum atomic E-state index is 0.545. The number of benzene rings is 1. The van der Waals surface area contributed by atoms with Gasteiger partial charge in [-0.05, 0) is 25.3 Å². The van der Waals surface area contributed by atoms with Crippen molar-refractivity contribution in [1.29, 1.82) is 0 Å². The van der Waals surface area contributed by atoms with Crippen LogP contribution in [0.4, 0.5) is 0 Å². The van der Waals surface area contributed by atoms with Gasteiger partial charge in [0.15, 0.2) is 0 Å². The average Bonchev–Trinajstić information content (AvgIpc) is 2.57. The van der Waals surface area contributed by atoms with Gasteiger partial charge in [-0.2, -0.15) is 0 Å². The Morgan fingerprint density at radius 3 is 2.93 bits per heavy atom. The third kappa shape index (κ3) is 2.41. The van der Waals surface area contributed by atoms with Gasteiger partial charge in [-0.25, -0.2) is 0 Å². The lowest BCUT2D eigenvalue weighted by atomic mass is 9.94. The molecular formula is C14H18O. The molecule has 0 aliphatic heterocycles. The number of methoxy groups -OCH3 is 1. The summed E-state index contributed by atoms with van der Waals surface area (Å²) in [5.74, 6) is 1.57. The lowest BCUT2D eigenvalue weighted by Crippen LogP contribution is -1.98. The van der Waals surface area contributed by atoms with E-state index in [1.165, 1.54) is 31.2 Å². The topological polar surface area (TPSA) is 9.23 Å². The molecule has 0 saturated carbocycles. The molecule has 0 heterocycles. The Hall–Kier alpha value is -1.24. The van der Waals surface area contributed by atoms with E-state index < -0.39 is 0 Å². The number of rotatable bonds is 2. The van der Waals surface area contributed by atoms with Crippen molar-refractivity contribution in [2.75, 3.05) is 7.11 Å². The van der Waals surface area contributed by atoms with Gasteiger partial charge in [-0.1, -0.05) is 36.8 Å². The molecule has 0 fully saturated rings. The first-order valence-electron chi connectivity index (χ1n) is 5.71. The predicted octanol–water partition coefficient (Wildman–Crippen LogP) is 3.91. The molecule has 1 aliphatic rings. The summed E-state index contributed by atoms with van der Waals surface area (Å²) in [5.41, 5.74) is 1.33. The zero-order valence-corrected chi connectivity index (χ0v) is 9.28. The van der Waals surface area contributed by atoms with E-state index in [1.807, 2.05) is 12.1 Å². The molecule has 0 radical (unpaired) electrons. The zero-order valence-electron chi connectivity index (χ0n) is 9.28. The molecule has 2 rings (SSSR count). The Labute approximate surface area is 91.8 Å². The van der Waals surface area contributed by atoms with Crippen molar-refractivity contribution < 1.29 is 4.74 Å². The van der Waals surface area contributed by atoms with E-state index in [4.69, 9.17) is 4.74 Å². The molecule has 0 aromatic heterocycles. The van der Waals surface area contributed by atoms with Crippen LogP contribution in [0, 0.1) is 0 Å². The number of hydrogen-bond donors (Lipinski definition) is 0. The SMILES string of the molecule is COc1ccccc1[C@H]1C=CCCCC1. The highest BCUT2D eigenvalue weighted by Gasteiger charge is 2.13. The number of allylic oxidation sites excluding steroid dienone is 2. The predicted molar refractivity (Wildman–Crippen MR) is 63.3 cm³/mol. The molecule has 0 amide bonds. The van der Waals surface area contributed by atoms with Crippen LogP contribution < -0.4 is 4.74 Å². The molecule has 1 aromatic rings. The van der Waals surface area contributed by atoms with E-state index in [2.05, 4.69) is 24.3 Å². The fraction of sp³-hybridized carbons (Fsp3) is 0.429. The Morgan fingerprint density at radius 1 is 1.20 bits per heavy atom. The highest BCUT2D eigenvalue weighted by molar-refractivity contribution is 5.38. The highest BCUT2D eigenvalue weighted by Crippen LogP contribution is 2.32. The molecule has 0 N–H and O–H groups in total. The van der Waals surface area contributed by atoms with Crippen LogP contribution in [-0.4, -0.2) is 7.11 Å². The smallest absolute Gasteiger partial charge is 0.122 e. The highest BCUT2D eigenvalue weighted by atomic mass is 16.5. The van der Waals surface area contributed by atoms with Crippen LogP contribution in [0.5, 0.6) is 5.75 Å². The summed E-state index contributed by atoms with van der Waals surface area (Å²) in [6.07, 6.45) is 9.76. The van der Waals surface area contributed by atoms with Gasteiger partial charge in [-0.15, -0.1) is 0 Å². The van der Waals surface area contributed by atoms with Crippen LogP contribution >= 0.6 is 0 Å². The molecule has 0 bridgehead atoms. The molecule has 15 heavy (non-hydrogen) atoms. The number of hydrogen-bond acceptors (Lipinski definition) is 1. The molecule has 1 aromatic carbocycles. The maximum Gasteiger partial charge on any atom is 0.122 e. The van der Waals surface area contributed by atoms with Crippen molar-refractivity contribution in [1.82, 2.24) is 0 Å². The zero-order chi connectivity index (χ0) is 10.5. The van der Waals surface area contributed by atoms with Gasteiger partial charge in [0, 0.05) is 11.5 Å². The van der Waals surface area contributed by atoms with E-state index in [0.717, 1.165) is 5.75 Å². The van der Waals surface area contributed by atoms with Crippen LogP contribution in [0.25, 0.3) is 0 Å². The van der Waals surface area contributed by atoms with Gasteiger partial charge >= 0.3 is 0 Å². The van der Waals surface area contributed by atoms with Crippen LogP contribution in [0.15, 0.2) is 36.4 Å². The fourth-order valence-electron chi connectivity index (χ4n) is 2.22. The van der Waals surface area contributed by atoms with Crippen molar-refractivity contribution in [2.45, 2.75) is 31.6 Å². The van der Waals surface area contributed by atoms with Gasteiger partial charge < -0.3 is 4.74 Å². The number of ether oxygens (including phenoxy) is 1. The second-order valence-corrected chi connectivity index (χ2v) is 4.06. The van der Waals surface area contributed by atoms with E-state index in [-0.39, 0.29) is 0 Å². The van der Waals surface area contributed by atoms with Gasteiger partial charge in [0.05, 0.1) is 7.11 Å². The first-order chi connectivity index (χ1) is 7.42. The van der Waals surface area contributed by atoms with Crippen molar-refractivity contribution in [3.05, 3.63) is 42.0 Å². The summed E-state index contributed by atoms with van der Waals surface area (Å²) in [4.78, 5) is 0. The largest absolute Gasteiger partial charge is 0.496 e. The first-order valence-corrected chi connectivity index (χ1v) is 5.71. The van der Waals surface area contributed by atoms with E-state index in [9.17, 15) is 0 Å². The summed E-state index contributed by atoms with van der Waals surface area (Å²) in [7, 11) is 1.75. The average molecular weight is 202 g/mol. The van der Waals surface area contributed by atoms with Crippen LogP contribution in [0.3, 0.4) is 0 Å². The maximum absolute atomic E-state index is 5.41. The quantitative estimate of drug-likeness (QED) is 0.661. The summed E-state index contributed by atoms with van der Waals surface area (Å²) in [6, 6.07) is 8.35. The minimum Gasteiger partial charge on any atom is -0.496 e. The monoisotopic (exact) mass is 202 g/mol. The van der Waals surface area contributed by atoms with Crippen molar-refractivity contribution >= 4 is 0 Å². The summed E-state index contributed by atoms with van der Waals surface area (Å²) >= 11 is 0. The molecule has 80 valence electrons. The van der Waals surface area contributed by atoms with Gasteiger partial charge in [0.25, 0.3) is 0 Å². The van der Waals surface area contributed by atoms with Crippen molar-refractivity contribution in [3.8, 4) is 5.75 Å². The first kappa shape index (κ1) is 10.3. The van der Waals surface area contributed by atoms with Gasteiger partial charge in [0.2, 0.25) is 0 Å². The third-order valence-electron chi connectivity index (χ3n) is 3.04. The minimum absolute atomic E-state index is 0.545. The molecule has 0 spiro atoms. The third-order valence-corrected chi connectivity index (χ3v) is 3.04. The summed E-state index contributed by atoms with van der Waals surface area (Å²) in [6.45, 7) is 0. The molecule has 0 unspecified atom stereocenters. The Bertz CT molecular complexity index is 341. The molecule has 1 aliphatic carbocycles. The Morgan fingerprint density at radius 2 is 2.07 bits per heavy atom. The van der Waals surface area contributed by atoms with Crippen LogP contribution in [0.1, 0.15) is 37.2 Å². The van der Waals surface area contributed by atoms with E-state index >= 15 is 0 Å². The van der Waals surface area contributed by atoms with E-state index in [1.54, 1.807) is 7.11 Å². The standard InChI is InChI=1S/C14H18O/c1-15-14-11-7-6-10-13(14)12-8-4-2-3-5-9-12/h4,6-8,10-12H,2-3,5,9H2,1H3/t12-/m0/s1. The fourth-order valence-corrected chi connectivity index (χ4v) is 2.22.